The number of piperidine rings is 1. The van der Waals surface area contributed by atoms with E-state index in [4.69, 9.17) is 5.73 Å². The lowest BCUT2D eigenvalue weighted by Gasteiger charge is -2.34. The van der Waals surface area contributed by atoms with E-state index in [9.17, 15) is 4.79 Å². The lowest BCUT2D eigenvalue weighted by Crippen LogP contribution is -2.47. The van der Waals surface area contributed by atoms with Gasteiger partial charge in [0, 0.05) is 6.54 Å². The van der Waals surface area contributed by atoms with Crippen LogP contribution in [0.4, 0.5) is 0 Å². The molecule has 1 aliphatic heterocycles. The number of rotatable bonds is 5. The van der Waals surface area contributed by atoms with Crippen molar-refractivity contribution in [3.05, 3.63) is 0 Å². The first-order valence-corrected chi connectivity index (χ1v) is 6.67. The molecule has 4 N–H and O–H groups in total. The van der Waals surface area contributed by atoms with Gasteiger partial charge in [0.25, 0.3) is 0 Å². The molecule has 4 heteroatoms. The minimum absolute atomic E-state index is 0.00143. The molecule has 0 radical (unpaired) electrons. The van der Waals surface area contributed by atoms with Gasteiger partial charge in [-0.15, -0.1) is 0 Å². The van der Waals surface area contributed by atoms with Crippen LogP contribution in [-0.4, -0.2) is 31.6 Å². The summed E-state index contributed by atoms with van der Waals surface area (Å²) in [6.45, 7) is 9.25. The smallest absolute Gasteiger partial charge is 0.236 e. The van der Waals surface area contributed by atoms with E-state index in [1.807, 2.05) is 0 Å². The molecule has 1 rings (SSSR count). The second-order valence-corrected chi connectivity index (χ2v) is 6.01. The quantitative estimate of drug-likeness (QED) is 0.669. The van der Waals surface area contributed by atoms with Crippen LogP contribution < -0.4 is 16.4 Å². The molecule has 0 aromatic rings. The summed E-state index contributed by atoms with van der Waals surface area (Å²) in [6, 6.07) is -0.361. The van der Waals surface area contributed by atoms with Crippen molar-refractivity contribution in [2.75, 3.05) is 19.6 Å². The fourth-order valence-electron chi connectivity index (χ4n) is 2.25. The highest BCUT2D eigenvalue weighted by molar-refractivity contribution is 5.81. The van der Waals surface area contributed by atoms with Crippen molar-refractivity contribution in [3.63, 3.8) is 0 Å². The van der Waals surface area contributed by atoms with Crippen molar-refractivity contribution in [3.8, 4) is 0 Å². The van der Waals surface area contributed by atoms with Gasteiger partial charge in [0.1, 0.15) is 0 Å². The number of hydrogen-bond donors (Lipinski definition) is 3. The lowest BCUT2D eigenvalue weighted by atomic mass is 9.81. The molecule has 1 atom stereocenters. The highest BCUT2D eigenvalue weighted by Gasteiger charge is 2.27. The molecule has 1 saturated heterocycles. The summed E-state index contributed by atoms with van der Waals surface area (Å²) in [6.07, 6.45) is 2.99. The fraction of sp³-hybridized carbons (Fsp3) is 0.923. The van der Waals surface area contributed by atoms with E-state index in [1.54, 1.807) is 0 Å². The predicted molar refractivity (Wildman–Crippen MR) is 70.7 cm³/mol. The Morgan fingerprint density at radius 2 is 2.00 bits per heavy atom. The number of amides is 1. The van der Waals surface area contributed by atoms with Gasteiger partial charge >= 0.3 is 0 Å². The Bertz CT molecular complexity index is 247. The molecule has 0 bridgehead atoms. The van der Waals surface area contributed by atoms with Gasteiger partial charge < -0.3 is 16.4 Å². The van der Waals surface area contributed by atoms with E-state index < -0.39 is 0 Å². The van der Waals surface area contributed by atoms with Crippen LogP contribution in [0.15, 0.2) is 0 Å². The van der Waals surface area contributed by atoms with Gasteiger partial charge in [-0.25, -0.2) is 0 Å². The van der Waals surface area contributed by atoms with E-state index in [-0.39, 0.29) is 17.4 Å². The molecule has 0 aromatic carbocycles. The maximum absolute atomic E-state index is 11.8. The Labute approximate surface area is 105 Å². The number of carbonyl (C=O) groups excluding carboxylic acids is 1. The van der Waals surface area contributed by atoms with Crippen molar-refractivity contribution in [1.82, 2.24) is 10.6 Å². The topological polar surface area (TPSA) is 67.2 Å². The molecule has 0 spiro atoms. The molecule has 17 heavy (non-hydrogen) atoms. The van der Waals surface area contributed by atoms with Gasteiger partial charge in [-0.3, -0.25) is 4.79 Å². The molecule has 100 valence electrons. The molecule has 0 saturated carbocycles. The minimum Gasteiger partial charge on any atom is -0.354 e. The molecule has 4 nitrogen and oxygen atoms in total. The SMILES string of the molecule is CC(C)C[C@H](N)C(=O)NCC1(C)CCNCC1. The first-order valence-electron chi connectivity index (χ1n) is 6.67. The van der Waals surface area contributed by atoms with Gasteiger partial charge in [-0.2, -0.15) is 0 Å². The van der Waals surface area contributed by atoms with Crippen LogP contribution in [0.3, 0.4) is 0 Å². The number of nitrogens with one attached hydrogen (secondary N) is 2. The summed E-state index contributed by atoms with van der Waals surface area (Å²) in [4.78, 5) is 11.8. The first kappa shape index (κ1) is 14.5. The Kier molecular flexibility index (Phi) is 5.40. The van der Waals surface area contributed by atoms with E-state index in [2.05, 4.69) is 31.4 Å². The summed E-state index contributed by atoms with van der Waals surface area (Å²) in [5, 5.41) is 6.35. The molecule has 0 aromatic heterocycles. The van der Waals surface area contributed by atoms with E-state index >= 15 is 0 Å². The van der Waals surface area contributed by atoms with E-state index in [1.165, 1.54) is 0 Å². The standard InChI is InChI=1S/C13H27N3O/c1-10(2)8-11(14)12(17)16-9-13(3)4-6-15-7-5-13/h10-11,15H,4-9,14H2,1-3H3,(H,16,17)/t11-/m0/s1. The van der Waals surface area contributed by atoms with E-state index in [0.717, 1.165) is 38.9 Å². The monoisotopic (exact) mass is 241 g/mol. The average molecular weight is 241 g/mol. The van der Waals surface area contributed by atoms with Crippen molar-refractivity contribution < 1.29 is 4.79 Å². The third kappa shape index (κ3) is 5.04. The normalized spacial score (nSPS) is 21.2. The van der Waals surface area contributed by atoms with Gasteiger partial charge in [-0.1, -0.05) is 20.8 Å². The third-order valence-electron chi connectivity index (χ3n) is 3.56. The van der Waals surface area contributed by atoms with E-state index in [0.29, 0.717) is 5.92 Å². The third-order valence-corrected chi connectivity index (χ3v) is 3.56. The summed E-state index contributed by atoms with van der Waals surface area (Å²) in [5.74, 6) is 0.462. The van der Waals surface area contributed by atoms with Gasteiger partial charge in [0.05, 0.1) is 6.04 Å². The molecule has 0 unspecified atom stereocenters. The minimum atomic E-state index is -0.361. The van der Waals surface area contributed by atoms with Crippen LogP contribution in [0.25, 0.3) is 0 Å². The van der Waals surface area contributed by atoms with Crippen LogP contribution in [0, 0.1) is 11.3 Å². The lowest BCUT2D eigenvalue weighted by molar-refractivity contribution is -0.123. The Morgan fingerprint density at radius 3 is 2.53 bits per heavy atom. The summed E-state index contributed by atoms with van der Waals surface area (Å²) < 4.78 is 0. The number of carbonyl (C=O) groups is 1. The van der Waals surface area contributed by atoms with Crippen LogP contribution in [0.1, 0.15) is 40.0 Å². The predicted octanol–water partition coefficient (Wildman–Crippen LogP) is 0.866. The van der Waals surface area contributed by atoms with Crippen molar-refractivity contribution in [1.29, 1.82) is 0 Å². The van der Waals surface area contributed by atoms with Crippen LogP contribution >= 0.6 is 0 Å². The fourth-order valence-corrected chi connectivity index (χ4v) is 2.25. The number of hydrogen-bond acceptors (Lipinski definition) is 3. The largest absolute Gasteiger partial charge is 0.354 e. The second kappa shape index (κ2) is 6.36. The Balaban J connectivity index is 2.31. The van der Waals surface area contributed by atoms with Gasteiger partial charge in [0.2, 0.25) is 5.91 Å². The zero-order valence-corrected chi connectivity index (χ0v) is 11.4. The van der Waals surface area contributed by atoms with Crippen LogP contribution in [0.2, 0.25) is 0 Å². The zero-order valence-electron chi connectivity index (χ0n) is 11.4. The van der Waals surface area contributed by atoms with Crippen molar-refractivity contribution >= 4 is 5.91 Å². The summed E-state index contributed by atoms with van der Waals surface area (Å²) >= 11 is 0. The summed E-state index contributed by atoms with van der Waals surface area (Å²) in [5.41, 5.74) is 6.09. The average Bonchev–Trinajstić information content (AvgIpc) is 2.26. The van der Waals surface area contributed by atoms with Crippen LogP contribution in [-0.2, 0) is 4.79 Å². The van der Waals surface area contributed by atoms with Crippen molar-refractivity contribution in [2.24, 2.45) is 17.1 Å². The maximum atomic E-state index is 11.8. The highest BCUT2D eigenvalue weighted by Crippen LogP contribution is 2.26. The van der Waals surface area contributed by atoms with Crippen molar-refractivity contribution in [2.45, 2.75) is 46.1 Å². The first-order chi connectivity index (χ1) is 7.93. The molecule has 0 aliphatic carbocycles. The summed E-state index contributed by atoms with van der Waals surface area (Å²) in [7, 11) is 0. The highest BCUT2D eigenvalue weighted by atomic mass is 16.2. The van der Waals surface area contributed by atoms with Gasteiger partial charge in [-0.05, 0) is 43.7 Å². The molecule has 1 heterocycles. The Morgan fingerprint density at radius 1 is 1.41 bits per heavy atom. The second-order valence-electron chi connectivity index (χ2n) is 6.01. The molecular weight excluding hydrogens is 214 g/mol. The molecule has 1 amide bonds. The van der Waals surface area contributed by atoms with Gasteiger partial charge in [0.15, 0.2) is 0 Å². The Hall–Kier alpha value is -0.610. The molecule has 1 aliphatic rings. The van der Waals surface area contributed by atoms with Crippen LogP contribution in [0.5, 0.6) is 0 Å². The number of nitrogens with two attached hydrogens (primary N) is 1. The molecule has 1 fully saturated rings. The maximum Gasteiger partial charge on any atom is 0.236 e. The molecular formula is C13H27N3O. The zero-order chi connectivity index (χ0) is 12.9.